The molecule has 0 aliphatic heterocycles. The maximum absolute atomic E-state index is 13.0. The summed E-state index contributed by atoms with van der Waals surface area (Å²) in [7, 11) is 1.36. The molecule has 2 unspecified atom stereocenters. The lowest BCUT2D eigenvalue weighted by Gasteiger charge is -2.30. The Balaban J connectivity index is 1.70. The number of allylic oxidation sites excluding steroid dienone is 1. The van der Waals surface area contributed by atoms with Crippen LogP contribution in [-0.2, 0) is 19.1 Å². The molecule has 0 saturated carbocycles. The minimum atomic E-state index is -1.60. The third-order valence-corrected chi connectivity index (χ3v) is 6.38. The Kier molecular flexibility index (Phi) is 8.65. The molecular formula is C27H32N2O6. The molecule has 35 heavy (non-hydrogen) atoms. The molecule has 1 aliphatic rings. The van der Waals surface area contributed by atoms with Crippen LogP contribution in [0.1, 0.15) is 43.2 Å². The van der Waals surface area contributed by atoms with Crippen molar-refractivity contribution in [3.63, 3.8) is 0 Å². The van der Waals surface area contributed by atoms with Gasteiger partial charge in [0.05, 0.1) is 6.61 Å². The monoisotopic (exact) mass is 480 g/mol. The molecule has 8 heteroatoms. The van der Waals surface area contributed by atoms with E-state index in [-0.39, 0.29) is 32.0 Å². The molecule has 2 aromatic rings. The highest BCUT2D eigenvalue weighted by molar-refractivity contribution is 5.91. The number of rotatable bonds is 12. The lowest BCUT2D eigenvalue weighted by atomic mass is 9.96. The predicted octanol–water partition coefficient (Wildman–Crippen LogP) is 3.86. The van der Waals surface area contributed by atoms with Gasteiger partial charge in [-0.1, -0.05) is 61.5 Å². The highest BCUT2D eigenvalue weighted by Crippen LogP contribution is 2.44. The zero-order valence-electron chi connectivity index (χ0n) is 20.1. The maximum Gasteiger partial charge on any atom is 0.407 e. The fourth-order valence-corrected chi connectivity index (χ4v) is 4.40. The highest BCUT2D eigenvalue weighted by Gasteiger charge is 2.40. The summed E-state index contributed by atoms with van der Waals surface area (Å²) < 4.78 is 10.6. The molecule has 0 bridgehead atoms. The van der Waals surface area contributed by atoms with Crippen molar-refractivity contribution >= 4 is 18.0 Å². The summed E-state index contributed by atoms with van der Waals surface area (Å²) in [5.74, 6) is -1.95. The fraction of sp³-hybridized carbons (Fsp3) is 0.370. The number of hydrogen-bond donors (Lipinski definition) is 3. The van der Waals surface area contributed by atoms with Gasteiger partial charge >= 0.3 is 12.1 Å². The molecule has 3 N–H and O–H groups in total. The van der Waals surface area contributed by atoms with Crippen LogP contribution in [0.25, 0.3) is 11.1 Å². The summed E-state index contributed by atoms with van der Waals surface area (Å²) in [6, 6.07) is 15.0. The van der Waals surface area contributed by atoms with Gasteiger partial charge in [0.2, 0.25) is 5.91 Å². The standard InChI is InChI=1S/C27H32N2O6/c1-4-6-15-23(24(30)29-27(5-2,17-34-3)25(31)32)28-26(33)35-16-22-20-13-9-7-11-18(20)19-12-8-10-14-21(19)22/h4,7-14,22-23H,1,5-6,15-17H2,2-3H3,(H,28,33)(H,29,30)(H,31,32). The van der Waals surface area contributed by atoms with Gasteiger partial charge in [0.1, 0.15) is 12.6 Å². The molecule has 0 saturated heterocycles. The Labute approximate surface area is 205 Å². The summed E-state index contributed by atoms with van der Waals surface area (Å²) >= 11 is 0. The lowest BCUT2D eigenvalue weighted by molar-refractivity contribution is -0.150. The molecule has 8 nitrogen and oxygen atoms in total. The largest absolute Gasteiger partial charge is 0.479 e. The van der Waals surface area contributed by atoms with Crippen LogP contribution in [0.2, 0.25) is 0 Å². The van der Waals surface area contributed by atoms with Crippen molar-refractivity contribution in [2.75, 3.05) is 20.3 Å². The van der Waals surface area contributed by atoms with Gasteiger partial charge in [-0.05, 0) is 41.5 Å². The smallest absolute Gasteiger partial charge is 0.407 e. The number of methoxy groups -OCH3 is 1. The van der Waals surface area contributed by atoms with Crippen molar-refractivity contribution in [2.24, 2.45) is 0 Å². The Morgan fingerprint density at radius 1 is 1.11 bits per heavy atom. The van der Waals surface area contributed by atoms with Crippen LogP contribution in [0.15, 0.2) is 61.2 Å². The fourth-order valence-electron chi connectivity index (χ4n) is 4.40. The molecule has 186 valence electrons. The van der Waals surface area contributed by atoms with Crippen molar-refractivity contribution in [3.8, 4) is 11.1 Å². The van der Waals surface area contributed by atoms with Crippen LogP contribution in [0.5, 0.6) is 0 Å². The van der Waals surface area contributed by atoms with E-state index < -0.39 is 29.6 Å². The maximum atomic E-state index is 13.0. The van der Waals surface area contributed by atoms with Crippen LogP contribution in [0.4, 0.5) is 4.79 Å². The van der Waals surface area contributed by atoms with Gasteiger partial charge in [-0.2, -0.15) is 0 Å². The second-order valence-corrected chi connectivity index (χ2v) is 8.55. The SMILES string of the molecule is C=CCCC(NC(=O)OCC1c2ccccc2-c2ccccc21)C(=O)NC(CC)(COC)C(=O)O. The number of aliphatic carboxylic acids is 1. The van der Waals surface area contributed by atoms with Crippen LogP contribution in [0, 0.1) is 0 Å². The first-order valence-corrected chi connectivity index (χ1v) is 11.6. The number of carbonyl (C=O) groups is 3. The number of benzene rings is 2. The summed E-state index contributed by atoms with van der Waals surface area (Å²) in [4.78, 5) is 37.6. The van der Waals surface area contributed by atoms with E-state index in [0.29, 0.717) is 6.42 Å². The van der Waals surface area contributed by atoms with Gasteiger partial charge in [0.25, 0.3) is 0 Å². The number of hydrogen-bond acceptors (Lipinski definition) is 5. The third kappa shape index (κ3) is 5.71. The first kappa shape index (κ1) is 26.0. The van der Waals surface area contributed by atoms with E-state index in [4.69, 9.17) is 9.47 Å². The zero-order valence-corrected chi connectivity index (χ0v) is 20.1. The number of ether oxygens (including phenoxy) is 2. The van der Waals surface area contributed by atoms with Gasteiger partial charge in [-0.25, -0.2) is 9.59 Å². The summed E-state index contributed by atoms with van der Waals surface area (Å²) in [6.07, 6.45) is 1.67. The van der Waals surface area contributed by atoms with E-state index in [0.717, 1.165) is 22.3 Å². The molecule has 0 radical (unpaired) electrons. The minimum Gasteiger partial charge on any atom is -0.479 e. The second-order valence-electron chi connectivity index (χ2n) is 8.55. The first-order chi connectivity index (χ1) is 16.9. The molecule has 0 aromatic heterocycles. The van der Waals surface area contributed by atoms with E-state index in [2.05, 4.69) is 17.2 Å². The van der Waals surface area contributed by atoms with Crippen LogP contribution in [0.3, 0.4) is 0 Å². The number of alkyl carbamates (subject to hydrolysis) is 1. The molecule has 2 amide bonds. The predicted molar refractivity (Wildman–Crippen MR) is 132 cm³/mol. The van der Waals surface area contributed by atoms with Crippen molar-refractivity contribution in [3.05, 3.63) is 72.3 Å². The molecule has 0 spiro atoms. The minimum absolute atomic E-state index is 0.105. The Morgan fingerprint density at radius 2 is 1.71 bits per heavy atom. The molecule has 0 heterocycles. The Hall–Kier alpha value is -3.65. The van der Waals surface area contributed by atoms with Crippen molar-refractivity contribution in [1.29, 1.82) is 0 Å². The Morgan fingerprint density at radius 3 is 2.23 bits per heavy atom. The zero-order chi connectivity index (χ0) is 25.4. The van der Waals surface area contributed by atoms with Crippen molar-refractivity contribution in [2.45, 2.75) is 43.7 Å². The lowest BCUT2D eigenvalue weighted by Crippen LogP contribution is -2.61. The van der Waals surface area contributed by atoms with Gasteiger partial charge in [-0.3, -0.25) is 4.79 Å². The number of fused-ring (bicyclic) bond motifs is 3. The summed E-state index contributed by atoms with van der Waals surface area (Å²) in [5, 5.41) is 14.8. The van der Waals surface area contributed by atoms with Crippen LogP contribution >= 0.6 is 0 Å². The number of carbonyl (C=O) groups excluding carboxylic acids is 2. The molecule has 0 fully saturated rings. The first-order valence-electron chi connectivity index (χ1n) is 11.6. The quantitative estimate of drug-likeness (QED) is 0.398. The average molecular weight is 481 g/mol. The molecule has 1 aliphatic carbocycles. The Bertz CT molecular complexity index is 1040. The van der Waals surface area contributed by atoms with Gasteiger partial charge < -0.3 is 25.2 Å². The van der Waals surface area contributed by atoms with Crippen molar-refractivity contribution < 1.29 is 29.0 Å². The highest BCUT2D eigenvalue weighted by atomic mass is 16.5. The van der Waals surface area contributed by atoms with E-state index in [1.807, 2.05) is 48.5 Å². The van der Waals surface area contributed by atoms with Gasteiger partial charge in [0, 0.05) is 13.0 Å². The van der Waals surface area contributed by atoms with Crippen LogP contribution in [-0.4, -0.2) is 55.0 Å². The third-order valence-electron chi connectivity index (χ3n) is 6.38. The number of nitrogens with one attached hydrogen (secondary N) is 2. The average Bonchev–Trinajstić information content (AvgIpc) is 3.18. The van der Waals surface area contributed by atoms with Gasteiger partial charge in [-0.15, -0.1) is 6.58 Å². The molecular weight excluding hydrogens is 448 g/mol. The van der Waals surface area contributed by atoms with E-state index in [1.165, 1.54) is 7.11 Å². The second kappa shape index (κ2) is 11.7. The summed E-state index contributed by atoms with van der Waals surface area (Å²) in [5.41, 5.74) is 2.79. The molecule has 2 aromatic carbocycles. The molecule has 3 rings (SSSR count). The van der Waals surface area contributed by atoms with E-state index >= 15 is 0 Å². The number of carboxylic acid groups (broad SMARTS) is 1. The normalized spacial score (nSPS) is 14.7. The summed E-state index contributed by atoms with van der Waals surface area (Å²) in [6.45, 7) is 5.20. The number of carboxylic acids is 1. The van der Waals surface area contributed by atoms with Gasteiger partial charge in [0.15, 0.2) is 5.54 Å². The van der Waals surface area contributed by atoms with E-state index in [1.54, 1.807) is 13.0 Å². The van der Waals surface area contributed by atoms with E-state index in [9.17, 15) is 19.5 Å². The van der Waals surface area contributed by atoms with Crippen LogP contribution < -0.4 is 10.6 Å². The van der Waals surface area contributed by atoms with Crippen molar-refractivity contribution in [1.82, 2.24) is 10.6 Å². The number of amides is 2. The molecule has 2 atom stereocenters. The topological polar surface area (TPSA) is 114 Å².